The van der Waals surface area contributed by atoms with Crippen LogP contribution in [0.4, 0.5) is 0 Å². The van der Waals surface area contributed by atoms with Gasteiger partial charge in [-0.1, -0.05) is 6.92 Å². The molecule has 1 heterocycles. The van der Waals surface area contributed by atoms with E-state index >= 15 is 0 Å². The maximum absolute atomic E-state index is 10.5. The molecular weight excluding hydrogens is 208 g/mol. The number of aromatic hydroxyl groups is 1. The molecule has 1 N–H and O–H groups in total. The van der Waals surface area contributed by atoms with E-state index in [1.807, 2.05) is 6.92 Å². The Bertz CT molecular complexity index is 400. The number of hydrogen-bond acceptors (Lipinski definition) is 4. The zero-order valence-electron chi connectivity index (χ0n) is 9.10. The van der Waals surface area contributed by atoms with Gasteiger partial charge in [0.25, 0.3) is 0 Å². The first-order valence-corrected chi connectivity index (χ1v) is 5.29. The Hall–Kier alpha value is -1.71. The van der Waals surface area contributed by atoms with Crippen LogP contribution in [0.3, 0.4) is 0 Å². The topological polar surface area (TPSA) is 55.8 Å². The first-order valence-electron chi connectivity index (χ1n) is 5.29. The molecule has 0 saturated carbocycles. The molecule has 0 aliphatic carbocycles. The van der Waals surface area contributed by atoms with Crippen LogP contribution < -0.4 is 9.47 Å². The molecule has 4 heteroatoms. The minimum absolute atomic E-state index is 0.0749. The number of phenolic OH excluding ortho intramolecular Hbond substituents is 1. The van der Waals surface area contributed by atoms with E-state index < -0.39 is 0 Å². The number of ether oxygens (including phenoxy) is 2. The third kappa shape index (κ3) is 1.83. The molecule has 1 aromatic rings. The molecule has 0 fully saturated rings. The lowest BCUT2D eigenvalue weighted by molar-refractivity contribution is -0.108. The lowest BCUT2D eigenvalue weighted by atomic mass is 9.96. The molecule has 1 atom stereocenters. The molecule has 4 nitrogen and oxygen atoms in total. The van der Waals surface area contributed by atoms with Gasteiger partial charge in [0.1, 0.15) is 25.2 Å². The summed E-state index contributed by atoms with van der Waals surface area (Å²) < 4.78 is 10.9. The summed E-state index contributed by atoms with van der Waals surface area (Å²) in [5.74, 6) is 1.28. The number of aldehydes is 1. The number of hydrogen-bond donors (Lipinski definition) is 1. The van der Waals surface area contributed by atoms with Gasteiger partial charge in [0.05, 0.1) is 0 Å². The van der Waals surface area contributed by atoms with E-state index in [9.17, 15) is 9.90 Å². The summed E-state index contributed by atoms with van der Waals surface area (Å²) in [6.07, 6.45) is 1.19. The van der Waals surface area contributed by atoms with Gasteiger partial charge in [0.15, 0.2) is 11.5 Å². The Balaban J connectivity index is 2.44. The number of fused-ring (bicyclic) bond motifs is 1. The van der Waals surface area contributed by atoms with E-state index in [0.29, 0.717) is 36.7 Å². The second-order valence-electron chi connectivity index (χ2n) is 3.83. The lowest BCUT2D eigenvalue weighted by Crippen LogP contribution is -2.17. The van der Waals surface area contributed by atoms with Crippen LogP contribution in [0, 0.1) is 0 Å². The highest BCUT2D eigenvalue weighted by molar-refractivity contribution is 5.59. The minimum atomic E-state index is -0.0749. The Labute approximate surface area is 93.8 Å². The van der Waals surface area contributed by atoms with Crippen molar-refractivity contribution in [2.45, 2.75) is 19.3 Å². The van der Waals surface area contributed by atoms with Gasteiger partial charge in [-0.25, -0.2) is 0 Å². The summed E-state index contributed by atoms with van der Waals surface area (Å²) in [6, 6.07) is 3.26. The van der Waals surface area contributed by atoms with Crippen LogP contribution in [0.1, 0.15) is 24.8 Å². The first-order chi connectivity index (χ1) is 7.74. The van der Waals surface area contributed by atoms with Crippen LogP contribution in [0.2, 0.25) is 0 Å². The van der Waals surface area contributed by atoms with Gasteiger partial charge in [0, 0.05) is 12.0 Å². The van der Waals surface area contributed by atoms with Crippen molar-refractivity contribution in [3.8, 4) is 17.2 Å². The van der Waals surface area contributed by atoms with Gasteiger partial charge in [-0.15, -0.1) is 0 Å². The van der Waals surface area contributed by atoms with Gasteiger partial charge in [-0.2, -0.15) is 0 Å². The summed E-state index contributed by atoms with van der Waals surface area (Å²) in [6.45, 7) is 2.86. The van der Waals surface area contributed by atoms with Crippen molar-refractivity contribution in [2.75, 3.05) is 13.2 Å². The second kappa shape index (κ2) is 4.43. The molecule has 0 spiro atoms. The van der Waals surface area contributed by atoms with Crippen LogP contribution in [-0.4, -0.2) is 24.6 Å². The van der Waals surface area contributed by atoms with Crippen LogP contribution in [0.5, 0.6) is 17.2 Å². The summed E-state index contributed by atoms with van der Waals surface area (Å²) in [5.41, 5.74) is 0.657. The third-order valence-electron chi connectivity index (χ3n) is 2.67. The average molecular weight is 222 g/mol. The van der Waals surface area contributed by atoms with E-state index in [4.69, 9.17) is 9.47 Å². The molecule has 0 saturated heterocycles. The minimum Gasteiger partial charge on any atom is -0.508 e. The van der Waals surface area contributed by atoms with E-state index in [1.165, 1.54) is 0 Å². The average Bonchev–Trinajstić information content (AvgIpc) is 2.29. The maximum atomic E-state index is 10.5. The van der Waals surface area contributed by atoms with Gasteiger partial charge < -0.3 is 19.4 Å². The Morgan fingerprint density at radius 1 is 1.44 bits per heavy atom. The fraction of sp³-hybridized carbons (Fsp3) is 0.417. The van der Waals surface area contributed by atoms with Gasteiger partial charge in [0.2, 0.25) is 0 Å². The third-order valence-corrected chi connectivity index (χ3v) is 2.67. The highest BCUT2D eigenvalue weighted by atomic mass is 16.6. The molecule has 0 aromatic heterocycles. The van der Waals surface area contributed by atoms with Crippen LogP contribution >= 0.6 is 0 Å². The van der Waals surface area contributed by atoms with Gasteiger partial charge in [-0.3, -0.25) is 0 Å². The summed E-state index contributed by atoms with van der Waals surface area (Å²) in [5, 5.41) is 9.81. The number of phenols is 1. The van der Waals surface area contributed by atoms with Crippen molar-refractivity contribution in [3.63, 3.8) is 0 Å². The standard InChI is InChI=1S/C12H14O4/c1-8(4-5-13)11-9(14)2-3-10-12(11)16-7-6-15-10/h2-3,5,8,14H,4,6-7H2,1H3. The second-order valence-corrected chi connectivity index (χ2v) is 3.83. The zero-order chi connectivity index (χ0) is 11.5. The van der Waals surface area contributed by atoms with Crippen LogP contribution in [0.15, 0.2) is 12.1 Å². The van der Waals surface area contributed by atoms with Crippen molar-refractivity contribution in [1.82, 2.24) is 0 Å². The molecule has 1 aliphatic rings. The maximum Gasteiger partial charge on any atom is 0.168 e. The molecule has 0 bridgehead atoms. The van der Waals surface area contributed by atoms with Crippen molar-refractivity contribution in [3.05, 3.63) is 17.7 Å². The lowest BCUT2D eigenvalue weighted by Gasteiger charge is -2.23. The SMILES string of the molecule is CC(CC=O)c1c(O)ccc2c1OCCO2. The fourth-order valence-corrected chi connectivity index (χ4v) is 1.87. The molecule has 1 aromatic carbocycles. The van der Waals surface area contributed by atoms with E-state index in [2.05, 4.69) is 0 Å². The van der Waals surface area contributed by atoms with Crippen molar-refractivity contribution < 1.29 is 19.4 Å². The molecular formula is C12H14O4. The molecule has 0 amide bonds. The van der Waals surface area contributed by atoms with Crippen LogP contribution in [0.25, 0.3) is 0 Å². The van der Waals surface area contributed by atoms with Crippen molar-refractivity contribution >= 4 is 6.29 Å². The van der Waals surface area contributed by atoms with Gasteiger partial charge >= 0.3 is 0 Å². The molecule has 2 rings (SSSR count). The smallest absolute Gasteiger partial charge is 0.168 e. The number of carbonyl (C=O) groups is 1. The summed E-state index contributed by atoms with van der Waals surface area (Å²) in [7, 11) is 0. The normalized spacial score (nSPS) is 15.6. The summed E-state index contributed by atoms with van der Waals surface area (Å²) in [4.78, 5) is 10.5. The highest BCUT2D eigenvalue weighted by Gasteiger charge is 2.22. The predicted octanol–water partition coefficient (Wildman–Crippen LogP) is 1.86. The first kappa shape index (κ1) is 10.8. The van der Waals surface area contributed by atoms with E-state index in [0.717, 1.165) is 6.29 Å². The monoisotopic (exact) mass is 222 g/mol. The Morgan fingerprint density at radius 2 is 2.19 bits per heavy atom. The number of benzene rings is 1. The number of carbonyl (C=O) groups excluding carboxylic acids is 1. The zero-order valence-corrected chi connectivity index (χ0v) is 9.10. The van der Waals surface area contributed by atoms with Crippen LogP contribution in [-0.2, 0) is 4.79 Å². The molecule has 1 aliphatic heterocycles. The quantitative estimate of drug-likeness (QED) is 0.793. The number of rotatable bonds is 3. The van der Waals surface area contributed by atoms with Gasteiger partial charge in [-0.05, 0) is 18.1 Å². The fourth-order valence-electron chi connectivity index (χ4n) is 1.87. The molecule has 16 heavy (non-hydrogen) atoms. The van der Waals surface area contributed by atoms with Crippen molar-refractivity contribution in [1.29, 1.82) is 0 Å². The van der Waals surface area contributed by atoms with E-state index in [-0.39, 0.29) is 11.7 Å². The molecule has 1 unspecified atom stereocenters. The Morgan fingerprint density at radius 3 is 2.94 bits per heavy atom. The Kier molecular flexibility index (Phi) is 2.99. The summed E-state index contributed by atoms with van der Waals surface area (Å²) >= 11 is 0. The largest absolute Gasteiger partial charge is 0.508 e. The molecule has 86 valence electrons. The molecule has 0 radical (unpaired) electrons. The predicted molar refractivity (Wildman–Crippen MR) is 58.2 cm³/mol. The highest BCUT2D eigenvalue weighted by Crippen LogP contribution is 2.43. The van der Waals surface area contributed by atoms with Crippen molar-refractivity contribution in [2.24, 2.45) is 0 Å². The van der Waals surface area contributed by atoms with E-state index in [1.54, 1.807) is 12.1 Å².